The molecule has 0 saturated carbocycles. The average molecular weight is 201 g/mol. The van der Waals surface area contributed by atoms with E-state index < -0.39 is 0 Å². The van der Waals surface area contributed by atoms with E-state index in [-0.39, 0.29) is 0 Å². The number of ether oxygens (including phenoxy) is 1. The van der Waals surface area contributed by atoms with Crippen molar-refractivity contribution in [2.45, 2.75) is 64.5 Å². The first-order valence-electron chi connectivity index (χ1n) is 6.00. The standard InChI is InChI=1S/C12H27NO/c1-5-7-8-10-11(13-3)12(14-4)9-6-2/h11-13H,5-10H2,1-4H3. The lowest BCUT2D eigenvalue weighted by Gasteiger charge is -2.25. The van der Waals surface area contributed by atoms with Crippen LogP contribution in [0.15, 0.2) is 0 Å². The quantitative estimate of drug-likeness (QED) is 0.579. The molecule has 0 aromatic carbocycles. The summed E-state index contributed by atoms with van der Waals surface area (Å²) in [5.41, 5.74) is 0. The molecule has 0 aromatic rings. The summed E-state index contributed by atoms with van der Waals surface area (Å²) in [4.78, 5) is 0. The van der Waals surface area contributed by atoms with Gasteiger partial charge in [0.05, 0.1) is 6.10 Å². The van der Waals surface area contributed by atoms with E-state index in [2.05, 4.69) is 19.2 Å². The number of rotatable bonds is 9. The highest BCUT2D eigenvalue weighted by atomic mass is 16.5. The van der Waals surface area contributed by atoms with Gasteiger partial charge in [-0.25, -0.2) is 0 Å². The maximum atomic E-state index is 5.51. The minimum absolute atomic E-state index is 0.391. The van der Waals surface area contributed by atoms with Crippen LogP contribution in [0.1, 0.15) is 52.4 Å². The maximum Gasteiger partial charge on any atom is 0.0724 e. The molecule has 0 aliphatic rings. The summed E-state index contributed by atoms with van der Waals surface area (Å²) in [6.07, 6.45) is 7.93. The predicted octanol–water partition coefficient (Wildman–Crippen LogP) is 2.97. The third-order valence-corrected chi connectivity index (χ3v) is 2.81. The lowest BCUT2D eigenvalue weighted by Crippen LogP contribution is -2.38. The molecule has 0 amide bonds. The zero-order valence-electron chi connectivity index (χ0n) is 10.3. The summed E-state index contributed by atoms with van der Waals surface area (Å²) in [6, 6.07) is 0.534. The van der Waals surface area contributed by atoms with E-state index in [1.165, 1.54) is 32.1 Å². The maximum absolute atomic E-state index is 5.51. The molecule has 2 heteroatoms. The van der Waals surface area contributed by atoms with Crippen LogP contribution in [-0.2, 0) is 4.74 Å². The van der Waals surface area contributed by atoms with Gasteiger partial charge >= 0.3 is 0 Å². The average Bonchev–Trinajstić information content (AvgIpc) is 2.22. The highest BCUT2D eigenvalue weighted by Crippen LogP contribution is 2.12. The molecule has 0 aliphatic carbocycles. The normalized spacial score (nSPS) is 15.4. The van der Waals surface area contributed by atoms with E-state index in [1.807, 2.05) is 14.2 Å². The van der Waals surface area contributed by atoms with Crippen LogP contribution in [-0.4, -0.2) is 26.3 Å². The molecule has 0 saturated heterocycles. The summed E-state index contributed by atoms with van der Waals surface area (Å²) in [5, 5.41) is 3.37. The van der Waals surface area contributed by atoms with Gasteiger partial charge in [-0.05, 0) is 19.9 Å². The molecular formula is C12H27NO. The third kappa shape index (κ3) is 5.61. The first kappa shape index (κ1) is 13.9. The van der Waals surface area contributed by atoms with Crippen LogP contribution < -0.4 is 5.32 Å². The number of unbranched alkanes of at least 4 members (excludes halogenated alkanes) is 2. The number of methoxy groups -OCH3 is 1. The fourth-order valence-electron chi connectivity index (χ4n) is 1.90. The summed E-state index contributed by atoms with van der Waals surface area (Å²) in [7, 11) is 3.86. The molecule has 0 rings (SSSR count). The highest BCUT2D eigenvalue weighted by molar-refractivity contribution is 4.75. The van der Waals surface area contributed by atoms with Gasteiger partial charge < -0.3 is 10.1 Å². The Morgan fingerprint density at radius 3 is 2.21 bits per heavy atom. The van der Waals surface area contributed by atoms with E-state index >= 15 is 0 Å². The second-order valence-electron chi connectivity index (χ2n) is 3.95. The van der Waals surface area contributed by atoms with Crippen LogP contribution in [0.2, 0.25) is 0 Å². The van der Waals surface area contributed by atoms with Crippen molar-refractivity contribution in [3.05, 3.63) is 0 Å². The van der Waals surface area contributed by atoms with Crippen LogP contribution in [0.25, 0.3) is 0 Å². The minimum Gasteiger partial charge on any atom is -0.380 e. The molecule has 2 atom stereocenters. The fourth-order valence-corrected chi connectivity index (χ4v) is 1.90. The van der Waals surface area contributed by atoms with Gasteiger partial charge in [-0.1, -0.05) is 39.5 Å². The van der Waals surface area contributed by atoms with Crippen LogP contribution in [0.3, 0.4) is 0 Å². The van der Waals surface area contributed by atoms with Gasteiger partial charge in [-0.2, -0.15) is 0 Å². The van der Waals surface area contributed by atoms with Gasteiger partial charge in [0.2, 0.25) is 0 Å². The minimum atomic E-state index is 0.391. The zero-order chi connectivity index (χ0) is 10.8. The number of hydrogen-bond donors (Lipinski definition) is 1. The van der Waals surface area contributed by atoms with Crippen LogP contribution in [0, 0.1) is 0 Å². The summed E-state index contributed by atoms with van der Waals surface area (Å²) >= 11 is 0. The molecular weight excluding hydrogens is 174 g/mol. The largest absolute Gasteiger partial charge is 0.380 e. The van der Waals surface area contributed by atoms with E-state index in [0.29, 0.717) is 12.1 Å². The van der Waals surface area contributed by atoms with E-state index in [9.17, 15) is 0 Å². The first-order valence-corrected chi connectivity index (χ1v) is 6.00. The zero-order valence-corrected chi connectivity index (χ0v) is 10.3. The van der Waals surface area contributed by atoms with Gasteiger partial charge in [-0.15, -0.1) is 0 Å². The first-order chi connectivity index (χ1) is 6.79. The second kappa shape index (κ2) is 9.47. The van der Waals surface area contributed by atoms with Gasteiger partial charge in [0, 0.05) is 13.2 Å². The van der Waals surface area contributed by atoms with Crippen molar-refractivity contribution >= 4 is 0 Å². The Kier molecular flexibility index (Phi) is 9.42. The molecule has 0 aromatic heterocycles. The SMILES string of the molecule is CCCCCC(NC)C(CCC)OC. The molecule has 0 radical (unpaired) electrons. The van der Waals surface area contributed by atoms with Crippen LogP contribution in [0.5, 0.6) is 0 Å². The molecule has 0 bridgehead atoms. The summed E-state index contributed by atoms with van der Waals surface area (Å²) < 4.78 is 5.51. The van der Waals surface area contributed by atoms with Gasteiger partial charge in [0.15, 0.2) is 0 Å². The molecule has 0 fully saturated rings. The Morgan fingerprint density at radius 2 is 1.79 bits per heavy atom. The Bertz CT molecular complexity index is 117. The monoisotopic (exact) mass is 201 g/mol. The van der Waals surface area contributed by atoms with E-state index in [0.717, 1.165) is 6.42 Å². The van der Waals surface area contributed by atoms with E-state index in [4.69, 9.17) is 4.74 Å². The van der Waals surface area contributed by atoms with Crippen molar-refractivity contribution < 1.29 is 4.74 Å². The molecule has 2 nitrogen and oxygen atoms in total. The second-order valence-corrected chi connectivity index (χ2v) is 3.95. The Labute approximate surface area is 89.4 Å². The summed E-state index contributed by atoms with van der Waals surface area (Å²) in [5.74, 6) is 0. The smallest absolute Gasteiger partial charge is 0.0724 e. The molecule has 0 spiro atoms. The Balaban J connectivity index is 3.81. The van der Waals surface area contributed by atoms with Crippen molar-refractivity contribution in [3.8, 4) is 0 Å². The topological polar surface area (TPSA) is 21.3 Å². The van der Waals surface area contributed by atoms with Crippen LogP contribution in [0.4, 0.5) is 0 Å². The van der Waals surface area contributed by atoms with Crippen molar-refractivity contribution in [1.29, 1.82) is 0 Å². The number of nitrogens with one attached hydrogen (secondary N) is 1. The van der Waals surface area contributed by atoms with Gasteiger partial charge in [0.25, 0.3) is 0 Å². The van der Waals surface area contributed by atoms with Gasteiger partial charge in [-0.3, -0.25) is 0 Å². The Morgan fingerprint density at radius 1 is 1.07 bits per heavy atom. The summed E-state index contributed by atoms with van der Waals surface area (Å²) in [6.45, 7) is 4.46. The molecule has 1 N–H and O–H groups in total. The number of hydrogen-bond acceptors (Lipinski definition) is 2. The lowest BCUT2D eigenvalue weighted by atomic mass is 10.00. The van der Waals surface area contributed by atoms with Crippen molar-refractivity contribution in [3.63, 3.8) is 0 Å². The van der Waals surface area contributed by atoms with Crippen molar-refractivity contribution in [2.75, 3.05) is 14.2 Å². The van der Waals surface area contributed by atoms with E-state index in [1.54, 1.807) is 0 Å². The fraction of sp³-hybridized carbons (Fsp3) is 1.00. The lowest BCUT2D eigenvalue weighted by molar-refractivity contribution is 0.0597. The molecule has 14 heavy (non-hydrogen) atoms. The van der Waals surface area contributed by atoms with Crippen LogP contribution >= 0.6 is 0 Å². The predicted molar refractivity (Wildman–Crippen MR) is 62.7 cm³/mol. The van der Waals surface area contributed by atoms with Gasteiger partial charge in [0.1, 0.15) is 0 Å². The van der Waals surface area contributed by atoms with Crippen molar-refractivity contribution in [1.82, 2.24) is 5.32 Å². The Hall–Kier alpha value is -0.0800. The highest BCUT2D eigenvalue weighted by Gasteiger charge is 2.17. The third-order valence-electron chi connectivity index (χ3n) is 2.81. The molecule has 0 aliphatic heterocycles. The molecule has 86 valence electrons. The van der Waals surface area contributed by atoms with Crippen molar-refractivity contribution in [2.24, 2.45) is 0 Å². The molecule has 2 unspecified atom stereocenters. The number of likely N-dealkylation sites (N-methyl/N-ethyl adjacent to an activating group) is 1. The molecule has 0 heterocycles.